The van der Waals surface area contributed by atoms with E-state index in [1.165, 1.54) is 0 Å². The molecule has 1 heterocycles. The Bertz CT molecular complexity index is 971. The fourth-order valence-electron chi connectivity index (χ4n) is 2.62. The van der Waals surface area contributed by atoms with Gasteiger partial charge in [-0.25, -0.2) is 0 Å². The third-order valence-corrected chi connectivity index (χ3v) is 4.11. The number of hydrogen-bond acceptors (Lipinski definition) is 2. The van der Waals surface area contributed by atoms with Crippen molar-refractivity contribution in [3.63, 3.8) is 0 Å². The van der Waals surface area contributed by atoms with E-state index in [2.05, 4.69) is 5.32 Å². The second-order valence-electron chi connectivity index (χ2n) is 5.75. The Balaban J connectivity index is 2.02. The Morgan fingerprint density at radius 1 is 1.04 bits per heavy atom. The highest BCUT2D eigenvalue weighted by Gasteiger charge is 2.14. The van der Waals surface area contributed by atoms with Crippen molar-refractivity contribution in [3.05, 3.63) is 75.6 Å². The first-order valence-corrected chi connectivity index (χ1v) is 7.44. The fourth-order valence-corrected chi connectivity index (χ4v) is 2.62. The quantitative estimate of drug-likeness (QED) is 0.789. The first-order valence-electron chi connectivity index (χ1n) is 7.44. The predicted octanol–water partition coefficient (Wildman–Crippen LogP) is 3.41. The van der Waals surface area contributed by atoms with Gasteiger partial charge in [0.05, 0.1) is 5.52 Å². The molecule has 0 aliphatic rings. The van der Waals surface area contributed by atoms with Crippen LogP contribution < -0.4 is 10.7 Å². The number of aromatic nitrogens is 1. The van der Waals surface area contributed by atoms with Crippen molar-refractivity contribution in [2.75, 3.05) is 5.32 Å². The molecule has 1 N–H and O–H groups in total. The molecule has 4 nitrogen and oxygen atoms in total. The number of benzene rings is 2. The molecule has 1 aromatic heterocycles. The summed E-state index contributed by atoms with van der Waals surface area (Å²) in [4.78, 5) is 25.1. The maximum absolute atomic E-state index is 12.6. The van der Waals surface area contributed by atoms with E-state index in [1.807, 2.05) is 51.2 Å². The van der Waals surface area contributed by atoms with E-state index >= 15 is 0 Å². The van der Waals surface area contributed by atoms with Crippen LogP contribution in [0, 0.1) is 13.8 Å². The van der Waals surface area contributed by atoms with Gasteiger partial charge in [-0.1, -0.05) is 18.2 Å². The lowest BCUT2D eigenvalue weighted by Crippen LogP contribution is -2.23. The summed E-state index contributed by atoms with van der Waals surface area (Å²) in [5, 5.41) is 3.35. The zero-order chi connectivity index (χ0) is 16.6. The van der Waals surface area contributed by atoms with Gasteiger partial charge in [-0.15, -0.1) is 0 Å². The average molecular weight is 306 g/mol. The van der Waals surface area contributed by atoms with Crippen LogP contribution in [-0.4, -0.2) is 10.5 Å². The van der Waals surface area contributed by atoms with E-state index < -0.39 is 0 Å². The number of carbonyl (C=O) groups is 1. The summed E-state index contributed by atoms with van der Waals surface area (Å²) in [5.41, 5.74) is 3.64. The van der Waals surface area contributed by atoms with E-state index in [4.69, 9.17) is 0 Å². The van der Waals surface area contributed by atoms with Crippen LogP contribution in [0.15, 0.2) is 53.5 Å². The minimum Gasteiger partial charge on any atom is -0.350 e. The van der Waals surface area contributed by atoms with Gasteiger partial charge in [0.2, 0.25) is 5.43 Å². The minimum absolute atomic E-state index is 0.143. The molecule has 0 unspecified atom stereocenters. The summed E-state index contributed by atoms with van der Waals surface area (Å²) in [6.45, 7) is 4.00. The second kappa shape index (κ2) is 5.72. The molecule has 0 aliphatic heterocycles. The van der Waals surface area contributed by atoms with Crippen molar-refractivity contribution >= 4 is 22.5 Å². The fraction of sp³-hybridized carbons (Fsp3) is 0.158. The van der Waals surface area contributed by atoms with Crippen LogP contribution in [0.3, 0.4) is 0 Å². The molecule has 2 aromatic carbocycles. The van der Waals surface area contributed by atoms with Crippen LogP contribution in [0.25, 0.3) is 10.9 Å². The molecule has 0 radical (unpaired) electrons. The van der Waals surface area contributed by atoms with E-state index in [0.717, 1.165) is 16.6 Å². The largest absolute Gasteiger partial charge is 0.350 e. The van der Waals surface area contributed by atoms with E-state index in [1.54, 1.807) is 22.9 Å². The summed E-state index contributed by atoms with van der Waals surface area (Å²) in [6.07, 6.45) is 1.58. The lowest BCUT2D eigenvalue weighted by atomic mass is 10.1. The van der Waals surface area contributed by atoms with Crippen molar-refractivity contribution in [2.45, 2.75) is 13.8 Å². The normalized spacial score (nSPS) is 10.7. The summed E-state index contributed by atoms with van der Waals surface area (Å²) in [6, 6.07) is 13.0. The van der Waals surface area contributed by atoms with Gasteiger partial charge in [-0.05, 0) is 49.2 Å². The number of anilines is 1. The van der Waals surface area contributed by atoms with Gasteiger partial charge in [0.25, 0.3) is 5.91 Å². The van der Waals surface area contributed by atoms with Crippen LogP contribution in [-0.2, 0) is 7.05 Å². The molecule has 1 amide bonds. The Morgan fingerprint density at radius 3 is 2.52 bits per heavy atom. The minimum atomic E-state index is -0.389. The maximum Gasteiger partial charge on any atom is 0.261 e. The van der Waals surface area contributed by atoms with Crippen LogP contribution in [0.2, 0.25) is 0 Å². The maximum atomic E-state index is 12.6. The molecule has 0 saturated heterocycles. The molecule has 0 fully saturated rings. The molecule has 3 rings (SSSR count). The number of rotatable bonds is 2. The first kappa shape index (κ1) is 15.0. The van der Waals surface area contributed by atoms with Gasteiger partial charge in [0.1, 0.15) is 5.56 Å². The highest BCUT2D eigenvalue weighted by Crippen LogP contribution is 2.16. The third kappa shape index (κ3) is 2.75. The molecule has 0 atom stereocenters. The zero-order valence-corrected chi connectivity index (χ0v) is 13.4. The van der Waals surface area contributed by atoms with Crippen LogP contribution in [0.4, 0.5) is 5.69 Å². The van der Waals surface area contributed by atoms with Gasteiger partial charge < -0.3 is 9.88 Å². The van der Waals surface area contributed by atoms with Crippen LogP contribution in [0.1, 0.15) is 21.5 Å². The average Bonchev–Trinajstić information content (AvgIpc) is 2.54. The Morgan fingerprint density at radius 2 is 1.78 bits per heavy atom. The van der Waals surface area contributed by atoms with Crippen molar-refractivity contribution < 1.29 is 4.79 Å². The summed E-state index contributed by atoms with van der Waals surface area (Å²) in [5.74, 6) is -0.389. The number of aryl methyl sites for hydroxylation is 3. The number of para-hydroxylation sites is 1. The number of amides is 1. The lowest BCUT2D eigenvalue weighted by Gasteiger charge is -2.10. The molecule has 0 bridgehead atoms. The van der Waals surface area contributed by atoms with Crippen LogP contribution in [0.5, 0.6) is 0 Å². The van der Waals surface area contributed by atoms with Crippen LogP contribution >= 0.6 is 0 Å². The molecule has 0 saturated carbocycles. The molecule has 23 heavy (non-hydrogen) atoms. The summed E-state index contributed by atoms with van der Waals surface area (Å²) in [7, 11) is 1.83. The molecule has 116 valence electrons. The number of carbonyl (C=O) groups excluding carboxylic acids is 1. The monoisotopic (exact) mass is 306 g/mol. The van der Waals surface area contributed by atoms with Gasteiger partial charge in [0.15, 0.2) is 0 Å². The lowest BCUT2D eigenvalue weighted by molar-refractivity contribution is 0.102. The van der Waals surface area contributed by atoms with Crippen molar-refractivity contribution in [3.8, 4) is 0 Å². The predicted molar refractivity (Wildman–Crippen MR) is 93.1 cm³/mol. The van der Waals surface area contributed by atoms with E-state index in [0.29, 0.717) is 11.1 Å². The topological polar surface area (TPSA) is 51.1 Å². The number of pyridine rings is 1. The van der Waals surface area contributed by atoms with E-state index in [-0.39, 0.29) is 16.9 Å². The molecule has 0 spiro atoms. The van der Waals surface area contributed by atoms with Crippen molar-refractivity contribution in [2.24, 2.45) is 7.05 Å². The highest BCUT2D eigenvalue weighted by molar-refractivity contribution is 6.05. The van der Waals surface area contributed by atoms with E-state index in [9.17, 15) is 9.59 Å². The molecular formula is C19H18N2O2. The first-order chi connectivity index (χ1) is 11.0. The molecular weight excluding hydrogens is 288 g/mol. The van der Waals surface area contributed by atoms with Gasteiger partial charge >= 0.3 is 0 Å². The van der Waals surface area contributed by atoms with Crippen molar-refractivity contribution in [1.82, 2.24) is 4.57 Å². The Labute approximate surface area is 134 Å². The number of nitrogens with one attached hydrogen (secondary N) is 1. The smallest absolute Gasteiger partial charge is 0.261 e. The standard InChI is InChI=1S/C19H18N2O2/c1-12-8-9-14(10-13(12)2)20-19(23)16-11-21(3)17-7-5-4-6-15(17)18(16)22/h4-11H,1-3H3,(H,20,23). The number of nitrogens with zero attached hydrogens (tertiary/aromatic N) is 1. The van der Waals surface area contributed by atoms with Crippen molar-refractivity contribution in [1.29, 1.82) is 0 Å². The number of hydrogen-bond donors (Lipinski definition) is 1. The molecule has 4 heteroatoms. The van der Waals surface area contributed by atoms with Gasteiger partial charge in [0, 0.05) is 24.3 Å². The third-order valence-electron chi connectivity index (χ3n) is 4.11. The Kier molecular flexibility index (Phi) is 3.74. The van der Waals surface area contributed by atoms with Gasteiger partial charge in [-0.2, -0.15) is 0 Å². The van der Waals surface area contributed by atoms with Gasteiger partial charge in [-0.3, -0.25) is 9.59 Å². The highest BCUT2D eigenvalue weighted by atomic mass is 16.2. The SMILES string of the molecule is Cc1ccc(NC(=O)c2cn(C)c3ccccc3c2=O)cc1C. The Hall–Kier alpha value is -2.88. The number of fused-ring (bicyclic) bond motifs is 1. The summed E-state index contributed by atoms with van der Waals surface area (Å²) < 4.78 is 1.80. The summed E-state index contributed by atoms with van der Waals surface area (Å²) >= 11 is 0. The molecule has 0 aliphatic carbocycles. The zero-order valence-electron chi connectivity index (χ0n) is 13.4. The second-order valence-corrected chi connectivity index (χ2v) is 5.75. The molecule has 3 aromatic rings.